The second kappa shape index (κ2) is 10.7. The average molecular weight is 448 g/mol. The van der Waals surface area contributed by atoms with Crippen molar-refractivity contribution in [2.24, 2.45) is 16.4 Å². The fourth-order valence-electron chi connectivity index (χ4n) is 5.18. The van der Waals surface area contributed by atoms with Gasteiger partial charge in [-0.15, -0.1) is 0 Å². The number of halogens is 1. The van der Waals surface area contributed by atoms with Crippen molar-refractivity contribution in [3.8, 4) is 0 Å². The fraction of sp³-hybridized carbons (Fsp3) is 0.636. The van der Waals surface area contributed by atoms with E-state index in [-0.39, 0.29) is 17.7 Å². The maximum absolute atomic E-state index is 13.2. The third-order valence-corrected chi connectivity index (χ3v) is 7.19. The summed E-state index contributed by atoms with van der Waals surface area (Å²) < 4.78 is 0. The van der Waals surface area contributed by atoms with Crippen molar-refractivity contribution >= 4 is 23.6 Å². The van der Waals surface area contributed by atoms with Crippen LogP contribution in [0.25, 0.3) is 10.4 Å². The number of nitrogens with one attached hydrogen (secondary N) is 1. The van der Waals surface area contributed by atoms with E-state index in [9.17, 15) is 14.7 Å². The minimum atomic E-state index is -1.22. The van der Waals surface area contributed by atoms with Crippen LogP contribution in [0.1, 0.15) is 50.5 Å². The Morgan fingerprint density at radius 3 is 2.45 bits per heavy atom. The second-order valence-corrected chi connectivity index (χ2v) is 9.18. The monoisotopic (exact) mass is 447 g/mol. The van der Waals surface area contributed by atoms with Crippen molar-refractivity contribution < 1.29 is 14.7 Å². The maximum Gasteiger partial charge on any atom is 0.405 e. The molecule has 31 heavy (non-hydrogen) atoms. The van der Waals surface area contributed by atoms with Gasteiger partial charge in [0.1, 0.15) is 6.04 Å². The lowest BCUT2D eigenvalue weighted by atomic mass is 9.64. The van der Waals surface area contributed by atoms with Gasteiger partial charge in [-0.2, -0.15) is 0 Å². The minimum absolute atomic E-state index is 0.0602. The highest BCUT2D eigenvalue weighted by molar-refractivity contribution is 6.30. The van der Waals surface area contributed by atoms with Crippen molar-refractivity contribution in [2.45, 2.75) is 57.4 Å². The summed E-state index contributed by atoms with van der Waals surface area (Å²) in [4.78, 5) is 29.3. The summed E-state index contributed by atoms with van der Waals surface area (Å²) >= 11 is 5.93. The predicted octanol–water partition coefficient (Wildman–Crippen LogP) is 5.02. The van der Waals surface area contributed by atoms with E-state index < -0.39 is 12.1 Å². The first-order chi connectivity index (χ1) is 14.9. The van der Waals surface area contributed by atoms with Crippen LogP contribution in [-0.4, -0.2) is 47.7 Å². The number of amides is 2. The quantitative estimate of drug-likeness (QED) is 0.347. The molecular weight excluding hydrogens is 418 g/mol. The zero-order valence-electron chi connectivity index (χ0n) is 17.7. The highest BCUT2D eigenvalue weighted by Gasteiger charge is 2.42. The SMILES string of the molecule is [N-]=[N+]=NCC1(C2CCCCC2)CCN(C(=O)[C@@H](Cc2ccc(Cl)cc2)NC(=O)O)CC1. The third-order valence-electron chi connectivity index (χ3n) is 6.94. The number of nitrogens with zero attached hydrogens (tertiary/aromatic N) is 4. The van der Waals surface area contributed by atoms with Gasteiger partial charge >= 0.3 is 6.09 Å². The molecule has 0 spiro atoms. The van der Waals surface area contributed by atoms with E-state index >= 15 is 0 Å². The van der Waals surface area contributed by atoms with Crippen LogP contribution < -0.4 is 5.32 Å². The number of carboxylic acid groups (broad SMARTS) is 1. The van der Waals surface area contributed by atoms with Gasteiger partial charge in [-0.3, -0.25) is 4.79 Å². The van der Waals surface area contributed by atoms with Crippen LogP contribution in [0.5, 0.6) is 0 Å². The lowest BCUT2D eigenvalue weighted by molar-refractivity contribution is -0.136. The predicted molar refractivity (Wildman–Crippen MR) is 119 cm³/mol. The van der Waals surface area contributed by atoms with Gasteiger partial charge in [0.05, 0.1) is 0 Å². The normalized spacial score (nSPS) is 19.8. The molecule has 9 heteroatoms. The van der Waals surface area contributed by atoms with E-state index in [1.807, 2.05) is 0 Å². The Labute approximate surface area is 187 Å². The van der Waals surface area contributed by atoms with Gasteiger partial charge in [0.15, 0.2) is 0 Å². The van der Waals surface area contributed by atoms with Gasteiger partial charge in [-0.1, -0.05) is 48.1 Å². The smallest absolute Gasteiger partial charge is 0.405 e. The number of benzene rings is 1. The highest BCUT2D eigenvalue weighted by atomic mass is 35.5. The standard InChI is InChI=1S/C22H30ClN5O3/c23-18-8-6-16(7-9-18)14-19(26-21(30)31)20(29)28-12-10-22(11-13-28,15-25-27-24)17-4-2-1-3-5-17/h6-9,17,19,26H,1-5,10-15H2,(H,30,31)/t19-/m1/s1. The van der Waals surface area contributed by atoms with Gasteiger partial charge < -0.3 is 15.3 Å². The topological polar surface area (TPSA) is 118 Å². The van der Waals surface area contributed by atoms with Crippen LogP contribution in [0.2, 0.25) is 5.02 Å². The zero-order valence-corrected chi connectivity index (χ0v) is 18.4. The minimum Gasteiger partial charge on any atom is -0.465 e. The molecule has 0 unspecified atom stereocenters. The first-order valence-electron chi connectivity index (χ1n) is 11.0. The van der Waals surface area contributed by atoms with E-state index in [0.717, 1.165) is 31.2 Å². The Morgan fingerprint density at radius 1 is 1.23 bits per heavy atom. The molecule has 0 bridgehead atoms. The Bertz CT molecular complexity index is 811. The Morgan fingerprint density at radius 2 is 1.87 bits per heavy atom. The van der Waals surface area contributed by atoms with Crippen molar-refractivity contribution in [2.75, 3.05) is 19.6 Å². The molecule has 2 N–H and O–H groups in total. The molecule has 2 aliphatic rings. The van der Waals surface area contributed by atoms with E-state index in [0.29, 0.717) is 30.6 Å². The van der Waals surface area contributed by atoms with Crippen LogP contribution >= 0.6 is 11.6 Å². The molecule has 8 nitrogen and oxygen atoms in total. The Kier molecular flexibility index (Phi) is 8.04. The number of likely N-dealkylation sites (tertiary alicyclic amines) is 1. The molecule has 1 saturated carbocycles. The summed E-state index contributed by atoms with van der Waals surface area (Å²) in [6.07, 6.45) is 6.57. The van der Waals surface area contributed by atoms with Crippen molar-refractivity contribution in [1.82, 2.24) is 10.2 Å². The summed E-state index contributed by atoms with van der Waals surface area (Å²) in [5.41, 5.74) is 9.67. The molecule has 1 atom stereocenters. The molecule has 1 heterocycles. The first kappa shape index (κ1) is 23.2. The summed E-state index contributed by atoms with van der Waals surface area (Å²) in [7, 11) is 0. The van der Waals surface area contributed by atoms with Crippen LogP contribution in [0, 0.1) is 11.3 Å². The average Bonchev–Trinajstić information content (AvgIpc) is 2.79. The fourth-order valence-corrected chi connectivity index (χ4v) is 5.31. The van der Waals surface area contributed by atoms with Crippen LogP contribution in [-0.2, 0) is 11.2 Å². The van der Waals surface area contributed by atoms with Gasteiger partial charge in [0.25, 0.3) is 0 Å². The van der Waals surface area contributed by atoms with Crippen molar-refractivity contribution in [1.29, 1.82) is 0 Å². The Hall–Kier alpha value is -2.44. The third kappa shape index (κ3) is 6.05. The lowest BCUT2D eigenvalue weighted by Crippen LogP contribution is -2.54. The van der Waals surface area contributed by atoms with Crippen LogP contribution in [0.4, 0.5) is 4.79 Å². The molecule has 1 aromatic carbocycles. The molecule has 0 radical (unpaired) electrons. The molecule has 3 rings (SSSR count). The number of rotatable bonds is 7. The van der Waals surface area contributed by atoms with Gasteiger partial charge in [-0.25, -0.2) is 4.79 Å². The van der Waals surface area contributed by atoms with E-state index in [1.54, 1.807) is 29.2 Å². The number of piperidine rings is 1. The summed E-state index contributed by atoms with van der Waals surface area (Å²) in [5.74, 6) is 0.310. The molecule has 168 valence electrons. The van der Waals surface area contributed by atoms with Gasteiger partial charge in [0, 0.05) is 36.0 Å². The van der Waals surface area contributed by atoms with Crippen LogP contribution in [0.3, 0.4) is 0 Å². The molecule has 1 saturated heterocycles. The van der Waals surface area contributed by atoms with E-state index in [4.69, 9.17) is 17.1 Å². The number of carbonyl (C=O) groups is 2. The number of hydrogen-bond acceptors (Lipinski definition) is 3. The largest absolute Gasteiger partial charge is 0.465 e. The first-order valence-corrected chi connectivity index (χ1v) is 11.3. The van der Waals surface area contributed by atoms with Crippen LogP contribution in [0.15, 0.2) is 29.4 Å². The summed E-state index contributed by atoms with van der Waals surface area (Å²) in [6, 6.07) is 6.22. The number of hydrogen-bond donors (Lipinski definition) is 2. The highest BCUT2D eigenvalue weighted by Crippen LogP contribution is 2.46. The molecule has 1 aliphatic carbocycles. The molecule has 1 aliphatic heterocycles. The summed E-state index contributed by atoms with van der Waals surface area (Å²) in [6.45, 7) is 1.57. The molecule has 0 aromatic heterocycles. The molecule has 1 aromatic rings. The second-order valence-electron chi connectivity index (χ2n) is 8.74. The van der Waals surface area contributed by atoms with E-state index in [2.05, 4.69) is 15.3 Å². The van der Waals surface area contributed by atoms with Gasteiger partial charge in [-0.05, 0) is 60.2 Å². The zero-order chi connectivity index (χ0) is 22.3. The maximum atomic E-state index is 13.2. The Balaban J connectivity index is 1.69. The lowest BCUT2D eigenvalue weighted by Gasteiger charge is -2.48. The van der Waals surface area contributed by atoms with E-state index in [1.165, 1.54) is 19.3 Å². The summed E-state index contributed by atoms with van der Waals surface area (Å²) in [5, 5.41) is 16.2. The number of azide groups is 1. The van der Waals surface area contributed by atoms with Crippen molar-refractivity contribution in [3.63, 3.8) is 0 Å². The molecule has 2 fully saturated rings. The number of carbonyl (C=O) groups excluding carboxylic acids is 1. The van der Waals surface area contributed by atoms with Crippen molar-refractivity contribution in [3.05, 3.63) is 45.3 Å². The molecular formula is C22H30ClN5O3. The molecule has 2 amide bonds. The van der Waals surface area contributed by atoms with Gasteiger partial charge in [0.2, 0.25) is 5.91 Å².